The Hall–Kier alpha value is -1.71. The first-order valence-electron chi connectivity index (χ1n) is 9.24. The van der Waals surface area contributed by atoms with Gasteiger partial charge in [-0.05, 0) is 56.2 Å². The van der Waals surface area contributed by atoms with E-state index >= 15 is 0 Å². The number of anilines is 1. The molecular weight excluding hydrogens is 300 g/mol. The summed E-state index contributed by atoms with van der Waals surface area (Å²) in [6.45, 7) is 11.7. The number of carbonyl (C=O) groups excluding carboxylic acids is 1. The van der Waals surface area contributed by atoms with E-state index in [4.69, 9.17) is 4.74 Å². The molecular formula is C20H32N2O2. The lowest BCUT2D eigenvalue weighted by Gasteiger charge is -2.32. The molecule has 1 amide bonds. The zero-order chi connectivity index (χ0) is 17.5. The lowest BCUT2D eigenvalue weighted by molar-refractivity contribution is -0.133. The van der Waals surface area contributed by atoms with E-state index < -0.39 is 0 Å². The van der Waals surface area contributed by atoms with Gasteiger partial charge in [-0.15, -0.1) is 0 Å². The van der Waals surface area contributed by atoms with Gasteiger partial charge in [-0.2, -0.15) is 0 Å². The molecule has 0 saturated carbocycles. The second kappa shape index (κ2) is 8.95. The summed E-state index contributed by atoms with van der Waals surface area (Å²) >= 11 is 0. The van der Waals surface area contributed by atoms with Crippen molar-refractivity contribution in [1.82, 2.24) is 4.90 Å². The van der Waals surface area contributed by atoms with Crippen molar-refractivity contribution in [2.45, 2.75) is 47.0 Å². The first-order valence-corrected chi connectivity index (χ1v) is 9.24. The van der Waals surface area contributed by atoms with E-state index in [1.807, 2.05) is 11.8 Å². The zero-order valence-corrected chi connectivity index (χ0v) is 15.6. The summed E-state index contributed by atoms with van der Waals surface area (Å²) in [4.78, 5) is 14.2. The van der Waals surface area contributed by atoms with Crippen molar-refractivity contribution in [2.24, 2.45) is 11.8 Å². The minimum Gasteiger partial charge on any atom is -0.492 e. The van der Waals surface area contributed by atoms with Crippen molar-refractivity contribution in [2.75, 3.05) is 31.6 Å². The number of ether oxygens (including phenoxy) is 1. The molecule has 0 aliphatic carbocycles. The monoisotopic (exact) mass is 332 g/mol. The van der Waals surface area contributed by atoms with Gasteiger partial charge < -0.3 is 15.0 Å². The molecule has 0 radical (unpaired) electrons. The van der Waals surface area contributed by atoms with E-state index in [9.17, 15) is 4.79 Å². The van der Waals surface area contributed by atoms with Gasteiger partial charge in [0.2, 0.25) is 5.91 Å². The molecule has 1 N–H and O–H groups in total. The van der Waals surface area contributed by atoms with Crippen LogP contribution < -0.4 is 10.1 Å². The molecule has 1 aliphatic heterocycles. The Balaban J connectivity index is 1.81. The van der Waals surface area contributed by atoms with Crippen molar-refractivity contribution in [1.29, 1.82) is 0 Å². The maximum absolute atomic E-state index is 12.1. The van der Waals surface area contributed by atoms with Gasteiger partial charge in [0.05, 0.1) is 12.3 Å². The fourth-order valence-electron chi connectivity index (χ4n) is 3.17. The normalized spacial score (nSPS) is 15.6. The molecule has 134 valence electrons. The smallest absolute Gasteiger partial charge is 0.222 e. The minimum absolute atomic E-state index is 0.313. The van der Waals surface area contributed by atoms with E-state index in [1.165, 1.54) is 5.56 Å². The van der Waals surface area contributed by atoms with Crippen LogP contribution in [0.3, 0.4) is 0 Å². The third kappa shape index (κ3) is 5.43. The van der Waals surface area contributed by atoms with Gasteiger partial charge in [-0.25, -0.2) is 0 Å². The summed E-state index contributed by atoms with van der Waals surface area (Å²) < 4.78 is 5.73. The number of piperidine rings is 1. The average Bonchev–Trinajstić information content (AvgIpc) is 2.54. The first-order chi connectivity index (χ1) is 11.5. The van der Waals surface area contributed by atoms with Crippen LogP contribution in [0.2, 0.25) is 0 Å². The highest BCUT2D eigenvalue weighted by Crippen LogP contribution is 2.27. The Morgan fingerprint density at radius 2 is 2.04 bits per heavy atom. The van der Waals surface area contributed by atoms with Gasteiger partial charge in [-0.3, -0.25) is 4.79 Å². The van der Waals surface area contributed by atoms with Crippen LogP contribution in [0.15, 0.2) is 18.2 Å². The Labute approximate surface area is 146 Å². The SMILES string of the molecule is CCOc1cc(C)ccc1NCC1CCN(C(=O)CC(C)C)CC1. The van der Waals surface area contributed by atoms with E-state index in [0.29, 0.717) is 30.8 Å². The topological polar surface area (TPSA) is 41.6 Å². The van der Waals surface area contributed by atoms with Crippen LogP contribution in [-0.2, 0) is 4.79 Å². The summed E-state index contributed by atoms with van der Waals surface area (Å²) in [5, 5.41) is 3.54. The van der Waals surface area contributed by atoms with Gasteiger partial charge >= 0.3 is 0 Å². The minimum atomic E-state index is 0.313. The molecule has 0 unspecified atom stereocenters. The molecule has 1 fully saturated rings. The molecule has 4 heteroatoms. The largest absolute Gasteiger partial charge is 0.492 e. The van der Waals surface area contributed by atoms with E-state index in [-0.39, 0.29) is 0 Å². The third-order valence-corrected chi connectivity index (χ3v) is 4.57. The number of nitrogens with one attached hydrogen (secondary N) is 1. The highest BCUT2D eigenvalue weighted by molar-refractivity contribution is 5.76. The fourth-order valence-corrected chi connectivity index (χ4v) is 3.17. The van der Waals surface area contributed by atoms with Crippen molar-refractivity contribution >= 4 is 11.6 Å². The Morgan fingerprint density at radius 3 is 2.67 bits per heavy atom. The number of hydrogen-bond acceptors (Lipinski definition) is 3. The van der Waals surface area contributed by atoms with Gasteiger partial charge in [0, 0.05) is 26.1 Å². The number of nitrogens with zero attached hydrogens (tertiary/aromatic N) is 1. The van der Waals surface area contributed by atoms with E-state index in [1.54, 1.807) is 0 Å². The second-order valence-electron chi connectivity index (χ2n) is 7.24. The number of hydrogen-bond donors (Lipinski definition) is 1. The summed E-state index contributed by atoms with van der Waals surface area (Å²) in [6.07, 6.45) is 2.82. The van der Waals surface area contributed by atoms with E-state index in [0.717, 1.165) is 43.9 Å². The molecule has 0 atom stereocenters. The molecule has 1 heterocycles. The summed E-state index contributed by atoms with van der Waals surface area (Å²) in [6, 6.07) is 6.29. The predicted molar refractivity (Wildman–Crippen MR) is 99.6 cm³/mol. The van der Waals surface area contributed by atoms with E-state index in [2.05, 4.69) is 44.3 Å². The van der Waals surface area contributed by atoms with Crippen molar-refractivity contribution in [3.05, 3.63) is 23.8 Å². The zero-order valence-electron chi connectivity index (χ0n) is 15.6. The van der Waals surface area contributed by atoms with Crippen LogP contribution in [0.4, 0.5) is 5.69 Å². The number of benzene rings is 1. The lowest BCUT2D eigenvalue weighted by atomic mass is 9.96. The summed E-state index contributed by atoms with van der Waals surface area (Å²) in [5.41, 5.74) is 2.28. The number of amides is 1. The van der Waals surface area contributed by atoms with Gasteiger partial charge in [-0.1, -0.05) is 19.9 Å². The van der Waals surface area contributed by atoms with Crippen LogP contribution >= 0.6 is 0 Å². The van der Waals surface area contributed by atoms with Gasteiger partial charge in [0.15, 0.2) is 0 Å². The molecule has 0 aromatic heterocycles. The molecule has 24 heavy (non-hydrogen) atoms. The standard InChI is InChI=1S/C20H32N2O2/c1-5-24-19-13-16(4)6-7-18(19)21-14-17-8-10-22(11-9-17)20(23)12-15(2)3/h6-7,13,15,17,21H,5,8-12,14H2,1-4H3. The number of carbonyl (C=O) groups is 1. The van der Waals surface area contributed by atoms with Gasteiger partial charge in [0.25, 0.3) is 0 Å². The Morgan fingerprint density at radius 1 is 1.33 bits per heavy atom. The van der Waals surface area contributed by atoms with Crippen LogP contribution in [0.25, 0.3) is 0 Å². The van der Waals surface area contributed by atoms with Gasteiger partial charge in [0.1, 0.15) is 5.75 Å². The first kappa shape index (κ1) is 18.6. The summed E-state index contributed by atoms with van der Waals surface area (Å²) in [7, 11) is 0. The number of likely N-dealkylation sites (tertiary alicyclic amines) is 1. The quantitative estimate of drug-likeness (QED) is 0.817. The average molecular weight is 332 g/mol. The maximum atomic E-state index is 12.1. The summed E-state index contributed by atoms with van der Waals surface area (Å²) in [5.74, 6) is 2.30. The molecule has 4 nitrogen and oxygen atoms in total. The Bertz CT molecular complexity index is 534. The van der Waals surface area contributed by atoms with Crippen LogP contribution in [-0.4, -0.2) is 37.0 Å². The molecule has 1 aromatic rings. The van der Waals surface area contributed by atoms with Crippen molar-refractivity contribution in [3.63, 3.8) is 0 Å². The molecule has 1 aliphatic rings. The fraction of sp³-hybridized carbons (Fsp3) is 0.650. The van der Waals surface area contributed by atoms with Crippen molar-refractivity contribution < 1.29 is 9.53 Å². The highest BCUT2D eigenvalue weighted by Gasteiger charge is 2.23. The predicted octanol–water partition coefficient (Wildman–Crippen LogP) is 4.09. The maximum Gasteiger partial charge on any atom is 0.222 e. The third-order valence-electron chi connectivity index (χ3n) is 4.57. The molecule has 1 aromatic carbocycles. The van der Waals surface area contributed by atoms with Crippen LogP contribution in [0, 0.1) is 18.8 Å². The number of rotatable bonds is 7. The molecule has 0 spiro atoms. The number of aryl methyl sites for hydroxylation is 1. The molecule has 0 bridgehead atoms. The van der Waals surface area contributed by atoms with Crippen LogP contribution in [0.1, 0.15) is 45.6 Å². The molecule has 1 saturated heterocycles. The Kier molecular flexibility index (Phi) is 6.95. The van der Waals surface area contributed by atoms with Crippen LogP contribution in [0.5, 0.6) is 5.75 Å². The highest BCUT2D eigenvalue weighted by atomic mass is 16.5. The molecule has 2 rings (SSSR count). The van der Waals surface area contributed by atoms with Crippen molar-refractivity contribution in [3.8, 4) is 5.75 Å². The lowest BCUT2D eigenvalue weighted by Crippen LogP contribution is -2.40. The second-order valence-corrected chi connectivity index (χ2v) is 7.24.